The van der Waals surface area contributed by atoms with Crippen LogP contribution in [-0.4, -0.2) is 66.0 Å². The van der Waals surface area contributed by atoms with E-state index in [9.17, 15) is 9.59 Å². The van der Waals surface area contributed by atoms with E-state index in [1.54, 1.807) is 21.8 Å². The van der Waals surface area contributed by atoms with Crippen LogP contribution in [0.5, 0.6) is 0 Å². The summed E-state index contributed by atoms with van der Waals surface area (Å²) in [6.07, 6.45) is 1.64. The van der Waals surface area contributed by atoms with E-state index >= 15 is 0 Å². The smallest absolute Gasteiger partial charge is 0.235 e. The van der Waals surface area contributed by atoms with Gasteiger partial charge in [-0.05, 0) is 27.7 Å². The largest absolute Gasteiger partial charge is 0.343 e. The number of carbonyl (C=O) groups is 2. The molecule has 0 fully saturated rings. The predicted octanol–water partition coefficient (Wildman–Crippen LogP) is 1.46. The van der Waals surface area contributed by atoms with Crippen molar-refractivity contribution in [3.8, 4) is 0 Å². The maximum absolute atomic E-state index is 12.2. The van der Waals surface area contributed by atoms with Crippen molar-refractivity contribution in [2.24, 2.45) is 0 Å². The molecule has 2 heterocycles. The Morgan fingerprint density at radius 3 is 2.36 bits per heavy atom. The van der Waals surface area contributed by atoms with Crippen LogP contribution in [0.4, 0.5) is 5.82 Å². The quantitative estimate of drug-likeness (QED) is 0.432. The molecule has 0 radical (unpaired) electrons. The third-order valence-corrected chi connectivity index (χ3v) is 5.70. The molecule has 28 heavy (non-hydrogen) atoms. The molecule has 0 unspecified atom stereocenters. The second-order valence-corrected chi connectivity index (χ2v) is 7.97. The third-order valence-electron chi connectivity index (χ3n) is 3.83. The lowest BCUT2D eigenvalue weighted by atomic mass is 10.4. The van der Waals surface area contributed by atoms with E-state index < -0.39 is 0 Å². The summed E-state index contributed by atoms with van der Waals surface area (Å²) >= 11 is 2.40. The third kappa shape index (κ3) is 5.64. The molecule has 0 aliphatic heterocycles. The Kier molecular flexibility index (Phi) is 8.18. The fraction of sp³-hybridized carbons (Fsp3) is 0.562. The van der Waals surface area contributed by atoms with E-state index in [1.807, 2.05) is 27.7 Å². The Bertz CT molecular complexity index is 800. The van der Waals surface area contributed by atoms with Crippen LogP contribution in [0.25, 0.3) is 0 Å². The maximum Gasteiger partial charge on any atom is 0.235 e. The number of aromatic nitrogens is 5. The van der Waals surface area contributed by atoms with Crippen LogP contribution in [0.1, 0.15) is 33.7 Å². The molecule has 154 valence electrons. The van der Waals surface area contributed by atoms with Crippen molar-refractivity contribution in [1.29, 1.82) is 0 Å². The summed E-state index contributed by atoms with van der Waals surface area (Å²) in [7, 11) is 0. The first kappa shape index (κ1) is 22.1. The highest BCUT2D eigenvalue weighted by Gasteiger charge is 2.17. The van der Waals surface area contributed by atoms with E-state index in [2.05, 4.69) is 20.6 Å². The summed E-state index contributed by atoms with van der Waals surface area (Å²) in [6, 6.07) is 1.89. The average molecular weight is 427 g/mol. The Balaban J connectivity index is 1.87. The Morgan fingerprint density at radius 1 is 1.18 bits per heavy atom. The molecule has 2 aromatic rings. The number of nitrogens with two attached hydrogens (primary N) is 1. The van der Waals surface area contributed by atoms with Crippen LogP contribution in [0.15, 0.2) is 22.6 Å². The zero-order chi connectivity index (χ0) is 20.7. The van der Waals surface area contributed by atoms with Crippen LogP contribution in [0.2, 0.25) is 0 Å². The summed E-state index contributed by atoms with van der Waals surface area (Å²) in [5, 5.41) is 15.8. The van der Waals surface area contributed by atoms with E-state index in [0.29, 0.717) is 29.2 Å². The van der Waals surface area contributed by atoms with Gasteiger partial charge in [-0.3, -0.25) is 9.59 Å². The van der Waals surface area contributed by atoms with Gasteiger partial charge >= 0.3 is 0 Å². The van der Waals surface area contributed by atoms with Gasteiger partial charge in [0.15, 0.2) is 0 Å². The number of rotatable bonds is 10. The molecular weight excluding hydrogens is 400 g/mol. The van der Waals surface area contributed by atoms with Gasteiger partial charge in [-0.1, -0.05) is 23.5 Å². The number of nitrogens with one attached hydrogen (secondary N) is 1. The minimum absolute atomic E-state index is 0.0216. The van der Waals surface area contributed by atoms with Crippen LogP contribution in [0.3, 0.4) is 0 Å². The number of anilines is 1. The summed E-state index contributed by atoms with van der Waals surface area (Å²) in [5.74, 6) is 6.83. The molecule has 3 N–H and O–H groups in total. The summed E-state index contributed by atoms with van der Waals surface area (Å²) in [5.41, 5.74) is 0. The lowest BCUT2D eigenvalue weighted by Crippen LogP contribution is -2.32. The molecule has 0 saturated carbocycles. The molecule has 0 aliphatic carbocycles. The topological polar surface area (TPSA) is 124 Å². The zero-order valence-electron chi connectivity index (χ0n) is 16.5. The van der Waals surface area contributed by atoms with Gasteiger partial charge in [-0.15, -0.1) is 10.2 Å². The van der Waals surface area contributed by atoms with Gasteiger partial charge < -0.3 is 16.1 Å². The number of thioether (sulfide) groups is 2. The fourth-order valence-electron chi connectivity index (χ4n) is 2.39. The van der Waals surface area contributed by atoms with E-state index in [4.69, 9.17) is 5.84 Å². The summed E-state index contributed by atoms with van der Waals surface area (Å²) in [4.78, 5) is 26.0. The van der Waals surface area contributed by atoms with Crippen molar-refractivity contribution in [3.63, 3.8) is 0 Å². The minimum Gasteiger partial charge on any atom is -0.343 e. The molecule has 0 aliphatic rings. The van der Waals surface area contributed by atoms with E-state index in [1.165, 1.54) is 28.2 Å². The minimum atomic E-state index is -0.193. The number of carbonyl (C=O) groups excluding carboxylic acids is 2. The highest BCUT2D eigenvalue weighted by atomic mass is 32.2. The Morgan fingerprint density at radius 2 is 1.79 bits per heavy atom. The SMILES string of the molecule is CCN(CC)C(=O)CSc1nnc(SCC(=O)Nc2ccnn2C(C)C)n1N. The molecule has 0 saturated heterocycles. The molecule has 10 nitrogen and oxygen atoms in total. The highest BCUT2D eigenvalue weighted by molar-refractivity contribution is 8.00. The number of nitrogen functional groups attached to an aromatic ring is 1. The molecule has 2 rings (SSSR count). The van der Waals surface area contributed by atoms with Gasteiger partial charge in [-0.25, -0.2) is 9.36 Å². The van der Waals surface area contributed by atoms with Crippen LogP contribution in [0, 0.1) is 0 Å². The van der Waals surface area contributed by atoms with E-state index in [0.717, 1.165) is 0 Å². The van der Waals surface area contributed by atoms with Gasteiger partial charge in [0.1, 0.15) is 5.82 Å². The van der Waals surface area contributed by atoms with E-state index in [-0.39, 0.29) is 29.4 Å². The lowest BCUT2D eigenvalue weighted by molar-refractivity contribution is -0.128. The van der Waals surface area contributed by atoms with Crippen molar-refractivity contribution in [3.05, 3.63) is 12.3 Å². The molecular formula is C16H26N8O2S2. The first-order valence-corrected chi connectivity index (χ1v) is 10.9. The number of hydrogen-bond donors (Lipinski definition) is 2. The first-order valence-electron chi connectivity index (χ1n) is 8.94. The molecule has 0 spiro atoms. The maximum atomic E-state index is 12.2. The van der Waals surface area contributed by atoms with Crippen molar-refractivity contribution >= 4 is 41.2 Å². The van der Waals surface area contributed by atoms with Gasteiger partial charge in [-0.2, -0.15) is 5.10 Å². The normalized spacial score (nSPS) is 11.0. The van der Waals surface area contributed by atoms with Crippen LogP contribution < -0.4 is 11.2 Å². The average Bonchev–Trinajstić information content (AvgIpc) is 3.26. The highest BCUT2D eigenvalue weighted by Crippen LogP contribution is 2.21. The second-order valence-electron chi connectivity index (χ2n) is 6.08. The van der Waals surface area contributed by atoms with Crippen LogP contribution >= 0.6 is 23.5 Å². The molecule has 2 aromatic heterocycles. The number of amides is 2. The monoisotopic (exact) mass is 426 g/mol. The molecule has 0 bridgehead atoms. The predicted molar refractivity (Wildman–Crippen MR) is 111 cm³/mol. The standard InChI is InChI=1S/C16H26N8O2S2/c1-5-22(6-2)14(26)10-28-16-21-20-15(23(16)17)27-9-13(25)19-12-7-8-18-24(12)11(3)4/h7-8,11H,5-6,9-10,17H2,1-4H3,(H,19,25). The molecule has 0 atom stereocenters. The second kappa shape index (κ2) is 10.4. The Hall–Kier alpha value is -2.21. The molecule has 12 heteroatoms. The molecule has 0 aromatic carbocycles. The van der Waals surface area contributed by atoms with Gasteiger partial charge in [0.05, 0.1) is 17.7 Å². The van der Waals surface area contributed by atoms with Crippen molar-refractivity contribution in [1.82, 2.24) is 29.6 Å². The zero-order valence-corrected chi connectivity index (χ0v) is 18.1. The van der Waals surface area contributed by atoms with Crippen LogP contribution in [-0.2, 0) is 9.59 Å². The van der Waals surface area contributed by atoms with Crippen molar-refractivity contribution in [2.45, 2.75) is 44.0 Å². The van der Waals surface area contributed by atoms with Crippen molar-refractivity contribution in [2.75, 3.05) is 35.8 Å². The summed E-state index contributed by atoms with van der Waals surface area (Å²) < 4.78 is 3.03. The lowest BCUT2D eigenvalue weighted by Gasteiger charge is -2.17. The Labute approximate surface area is 172 Å². The molecule has 2 amide bonds. The fourth-order valence-corrected chi connectivity index (χ4v) is 3.86. The van der Waals surface area contributed by atoms with Gasteiger partial charge in [0.2, 0.25) is 22.1 Å². The first-order chi connectivity index (χ1) is 13.4. The van der Waals surface area contributed by atoms with Gasteiger partial charge in [0, 0.05) is 25.2 Å². The van der Waals surface area contributed by atoms with Crippen molar-refractivity contribution < 1.29 is 9.59 Å². The number of hydrogen-bond acceptors (Lipinski definition) is 8. The number of nitrogens with zero attached hydrogens (tertiary/aromatic N) is 6. The van der Waals surface area contributed by atoms with Gasteiger partial charge in [0.25, 0.3) is 0 Å². The summed E-state index contributed by atoms with van der Waals surface area (Å²) in [6.45, 7) is 9.17.